The van der Waals surface area contributed by atoms with Crippen LogP contribution in [0.3, 0.4) is 0 Å². The van der Waals surface area contributed by atoms with E-state index in [0.717, 1.165) is 0 Å². The van der Waals surface area contributed by atoms with Crippen LogP contribution in [0.25, 0.3) is 0 Å². The molecular weight excluding hydrogens is 243 g/mol. The van der Waals surface area contributed by atoms with E-state index in [2.05, 4.69) is 4.18 Å². The Labute approximate surface area is 81.5 Å². The van der Waals surface area contributed by atoms with Crippen molar-refractivity contribution in [3.05, 3.63) is 0 Å². The number of carbonyl (C=O) groups is 2. The van der Waals surface area contributed by atoms with Crippen molar-refractivity contribution in [2.75, 3.05) is 5.75 Å². The van der Waals surface area contributed by atoms with Gasteiger partial charge in [-0.2, -0.15) is 21.6 Å². The summed E-state index contributed by atoms with van der Waals surface area (Å²) >= 11 is 0. The van der Waals surface area contributed by atoms with Crippen molar-refractivity contribution in [3.63, 3.8) is 0 Å². The van der Waals surface area contributed by atoms with Gasteiger partial charge >= 0.3 is 28.2 Å². The van der Waals surface area contributed by atoms with Crippen LogP contribution in [0.5, 0.6) is 0 Å². The number of amides is 1. The first-order valence-electron chi connectivity index (χ1n) is 3.45. The first-order chi connectivity index (χ1) is 6.62. The van der Waals surface area contributed by atoms with Gasteiger partial charge in [-0.05, 0) is 0 Å². The van der Waals surface area contributed by atoms with Crippen molar-refractivity contribution < 1.29 is 35.4 Å². The van der Waals surface area contributed by atoms with Gasteiger partial charge in [0, 0.05) is 0 Å². The molecule has 10 heteroatoms. The van der Waals surface area contributed by atoms with E-state index in [-0.39, 0.29) is 0 Å². The molecule has 0 spiro atoms. The smallest absolute Gasteiger partial charge is 0.343 e. The highest BCUT2D eigenvalue weighted by molar-refractivity contribution is 7.87. The second kappa shape index (κ2) is 3.36. The maximum Gasteiger partial charge on any atom is 0.471 e. The molecule has 0 saturated carbocycles. The van der Waals surface area contributed by atoms with Crippen LogP contribution in [0.4, 0.5) is 13.2 Å². The molecular formula is C5H4F3NO5S. The Bertz CT molecular complexity index is 399. The summed E-state index contributed by atoms with van der Waals surface area (Å²) in [6.07, 6.45) is -5.17. The molecule has 0 bridgehead atoms. The molecule has 1 heterocycles. The molecule has 6 nitrogen and oxygen atoms in total. The molecule has 1 unspecified atom stereocenters. The standard InChI is InChI=1S/C5H4F3NO5S/c6-5(7,8)4(11)9-2-1-15(12,13)14-3(2)10/h2H,1H2,(H,9,11). The molecule has 0 aromatic heterocycles. The SMILES string of the molecule is O=C1OS(=O)(=O)CC1NC(=O)C(F)(F)F. The minimum atomic E-state index is -5.17. The van der Waals surface area contributed by atoms with Crippen LogP contribution in [0.1, 0.15) is 0 Å². The Morgan fingerprint density at radius 3 is 2.33 bits per heavy atom. The first kappa shape index (κ1) is 11.8. The van der Waals surface area contributed by atoms with Crippen LogP contribution in [0.2, 0.25) is 0 Å². The first-order valence-corrected chi connectivity index (χ1v) is 5.03. The van der Waals surface area contributed by atoms with Gasteiger partial charge in [0.25, 0.3) is 0 Å². The third-order valence-corrected chi connectivity index (χ3v) is 2.59. The lowest BCUT2D eigenvalue weighted by molar-refractivity contribution is -0.174. The Hall–Kier alpha value is -1.32. The van der Waals surface area contributed by atoms with Gasteiger partial charge in [0.2, 0.25) is 0 Å². The van der Waals surface area contributed by atoms with E-state index in [1.807, 2.05) is 0 Å². The fourth-order valence-corrected chi connectivity index (χ4v) is 1.89. The molecule has 1 N–H and O–H groups in total. The van der Waals surface area contributed by atoms with E-state index < -0.39 is 40.0 Å². The average molecular weight is 247 g/mol. The van der Waals surface area contributed by atoms with Crippen LogP contribution >= 0.6 is 0 Å². The predicted octanol–water partition coefficient (Wildman–Crippen LogP) is -1.08. The van der Waals surface area contributed by atoms with Gasteiger partial charge in [-0.3, -0.25) is 4.79 Å². The van der Waals surface area contributed by atoms with Crippen molar-refractivity contribution in [2.24, 2.45) is 0 Å². The van der Waals surface area contributed by atoms with Crippen molar-refractivity contribution in [1.29, 1.82) is 0 Å². The van der Waals surface area contributed by atoms with E-state index in [0.29, 0.717) is 0 Å². The van der Waals surface area contributed by atoms with Gasteiger partial charge in [0.15, 0.2) is 0 Å². The molecule has 1 rings (SSSR count). The second-order valence-electron chi connectivity index (χ2n) is 2.65. The molecule has 1 atom stereocenters. The highest BCUT2D eigenvalue weighted by atomic mass is 32.2. The average Bonchev–Trinajstić information content (AvgIpc) is 2.22. The van der Waals surface area contributed by atoms with Crippen molar-refractivity contribution in [2.45, 2.75) is 12.2 Å². The lowest BCUT2D eigenvalue weighted by Crippen LogP contribution is -2.46. The summed E-state index contributed by atoms with van der Waals surface area (Å²) in [6, 6.07) is -1.80. The normalized spacial score (nSPS) is 24.7. The van der Waals surface area contributed by atoms with E-state index >= 15 is 0 Å². The van der Waals surface area contributed by atoms with Crippen LogP contribution < -0.4 is 5.32 Å². The largest absolute Gasteiger partial charge is 0.471 e. The summed E-state index contributed by atoms with van der Waals surface area (Å²) < 4.78 is 60.1. The minimum absolute atomic E-state index is 0.992. The second-order valence-corrected chi connectivity index (χ2v) is 4.27. The fourth-order valence-electron chi connectivity index (χ4n) is 0.830. The van der Waals surface area contributed by atoms with Crippen molar-refractivity contribution in [1.82, 2.24) is 5.32 Å². The van der Waals surface area contributed by atoms with Gasteiger partial charge < -0.3 is 9.50 Å². The topological polar surface area (TPSA) is 89.5 Å². The monoisotopic (exact) mass is 247 g/mol. The maximum atomic E-state index is 11.7. The van der Waals surface area contributed by atoms with Gasteiger partial charge in [-0.15, -0.1) is 0 Å². The third kappa shape index (κ3) is 2.81. The maximum absolute atomic E-state index is 11.7. The van der Waals surface area contributed by atoms with Crippen LogP contribution in [-0.4, -0.2) is 38.3 Å². The number of hydrogen-bond donors (Lipinski definition) is 1. The lowest BCUT2D eigenvalue weighted by atomic mass is 10.3. The Morgan fingerprint density at radius 1 is 1.47 bits per heavy atom. The predicted molar refractivity (Wildman–Crippen MR) is 37.9 cm³/mol. The molecule has 0 radical (unpaired) electrons. The molecule has 1 amide bonds. The van der Waals surface area contributed by atoms with Crippen molar-refractivity contribution >= 4 is 22.0 Å². The van der Waals surface area contributed by atoms with Gasteiger partial charge in [-0.1, -0.05) is 0 Å². The number of carbonyl (C=O) groups excluding carboxylic acids is 2. The zero-order valence-corrected chi connectivity index (χ0v) is 7.68. The van der Waals surface area contributed by atoms with Crippen molar-refractivity contribution in [3.8, 4) is 0 Å². The molecule has 0 aliphatic carbocycles. The molecule has 0 aromatic rings. The highest BCUT2D eigenvalue weighted by Gasteiger charge is 2.45. The summed E-state index contributed by atoms with van der Waals surface area (Å²) in [5, 5.41) is 1.21. The molecule has 1 saturated heterocycles. The van der Waals surface area contributed by atoms with Gasteiger partial charge in [0.05, 0.1) is 0 Å². The number of halogens is 3. The summed E-state index contributed by atoms with van der Waals surface area (Å²) in [6.45, 7) is 0. The summed E-state index contributed by atoms with van der Waals surface area (Å²) in [5.41, 5.74) is 0. The fraction of sp³-hybridized carbons (Fsp3) is 0.600. The number of nitrogens with one attached hydrogen (secondary N) is 1. The van der Waals surface area contributed by atoms with Gasteiger partial charge in [-0.25, -0.2) is 4.79 Å². The van der Waals surface area contributed by atoms with Crippen LogP contribution in [-0.2, 0) is 23.9 Å². The number of alkyl halides is 3. The summed E-state index contributed by atoms with van der Waals surface area (Å²) in [7, 11) is -4.17. The lowest BCUT2D eigenvalue weighted by Gasteiger charge is -2.09. The Kier molecular flexibility index (Phi) is 2.63. The van der Waals surface area contributed by atoms with E-state index in [1.165, 1.54) is 5.32 Å². The van der Waals surface area contributed by atoms with E-state index in [1.54, 1.807) is 0 Å². The number of hydrogen-bond acceptors (Lipinski definition) is 5. The molecule has 15 heavy (non-hydrogen) atoms. The Morgan fingerprint density at radius 2 is 2.00 bits per heavy atom. The minimum Gasteiger partial charge on any atom is -0.343 e. The Balaban J connectivity index is 2.70. The van der Waals surface area contributed by atoms with E-state index in [4.69, 9.17) is 0 Å². The van der Waals surface area contributed by atoms with Crippen LogP contribution in [0.15, 0.2) is 0 Å². The van der Waals surface area contributed by atoms with Gasteiger partial charge in [0.1, 0.15) is 11.8 Å². The third-order valence-electron chi connectivity index (χ3n) is 1.43. The zero-order valence-electron chi connectivity index (χ0n) is 6.87. The molecule has 86 valence electrons. The molecule has 0 aromatic carbocycles. The van der Waals surface area contributed by atoms with Crippen LogP contribution in [0, 0.1) is 0 Å². The molecule has 1 aliphatic rings. The zero-order chi connectivity index (χ0) is 11.9. The number of rotatable bonds is 1. The van der Waals surface area contributed by atoms with E-state index in [9.17, 15) is 31.2 Å². The quantitative estimate of drug-likeness (QED) is 0.595. The molecule has 1 aliphatic heterocycles. The summed E-state index contributed by atoms with van der Waals surface area (Å²) in [4.78, 5) is 21.0. The summed E-state index contributed by atoms with van der Waals surface area (Å²) in [5.74, 6) is -4.80. The molecule has 1 fully saturated rings. The highest BCUT2D eigenvalue weighted by Crippen LogP contribution is 2.16.